The van der Waals surface area contributed by atoms with Crippen molar-refractivity contribution in [1.29, 1.82) is 0 Å². The first-order valence-corrected chi connectivity index (χ1v) is 8.53. The van der Waals surface area contributed by atoms with Crippen molar-refractivity contribution in [1.82, 2.24) is 14.5 Å². The van der Waals surface area contributed by atoms with Crippen LogP contribution in [0.1, 0.15) is 63.4 Å². The topological polar surface area (TPSA) is 47.8 Å². The number of pyridine rings is 1. The van der Waals surface area contributed by atoms with E-state index in [-0.39, 0.29) is 11.5 Å². The summed E-state index contributed by atoms with van der Waals surface area (Å²) in [5.41, 5.74) is 4.06. The van der Waals surface area contributed by atoms with E-state index in [0.717, 1.165) is 53.9 Å². The fourth-order valence-electron chi connectivity index (χ4n) is 2.69. The third-order valence-electron chi connectivity index (χ3n) is 4.14. The Bertz CT molecular complexity index is 732. The predicted octanol–water partition coefficient (Wildman–Crippen LogP) is 3.87. The summed E-state index contributed by atoms with van der Waals surface area (Å²) in [5, 5.41) is 0. The van der Waals surface area contributed by atoms with E-state index in [1.54, 1.807) is 4.57 Å². The van der Waals surface area contributed by atoms with Crippen LogP contribution < -0.4 is 5.56 Å². The lowest BCUT2D eigenvalue weighted by molar-refractivity contribution is 0.773. The third kappa shape index (κ3) is 3.87. The molecule has 0 bridgehead atoms. The first-order chi connectivity index (χ1) is 11.0. The van der Waals surface area contributed by atoms with Gasteiger partial charge >= 0.3 is 0 Å². The van der Waals surface area contributed by atoms with Crippen LogP contribution in [0.25, 0.3) is 11.3 Å². The minimum atomic E-state index is 0.0728. The molecule has 0 atom stereocenters. The maximum absolute atomic E-state index is 12.3. The van der Waals surface area contributed by atoms with Gasteiger partial charge in [0.15, 0.2) is 0 Å². The standard InChI is InChI=1S/C19H27N3O/c1-6-8-9-14-11-20-17(7-2)21-18(14)15-10-16(13(3)4)19(23)22(5)12-15/h10-13H,6-9H2,1-5H3. The van der Waals surface area contributed by atoms with E-state index in [1.807, 2.05) is 25.5 Å². The van der Waals surface area contributed by atoms with Gasteiger partial charge in [0.2, 0.25) is 0 Å². The Kier molecular flexibility index (Phi) is 5.69. The van der Waals surface area contributed by atoms with Crippen LogP contribution in [0.2, 0.25) is 0 Å². The van der Waals surface area contributed by atoms with E-state index < -0.39 is 0 Å². The van der Waals surface area contributed by atoms with Gasteiger partial charge in [-0.2, -0.15) is 0 Å². The van der Waals surface area contributed by atoms with Crippen molar-refractivity contribution in [2.45, 2.75) is 59.3 Å². The normalized spacial score (nSPS) is 11.2. The van der Waals surface area contributed by atoms with Gasteiger partial charge in [-0.1, -0.05) is 34.1 Å². The second-order valence-electron chi connectivity index (χ2n) is 6.37. The van der Waals surface area contributed by atoms with Crippen LogP contribution in [0.4, 0.5) is 0 Å². The summed E-state index contributed by atoms with van der Waals surface area (Å²) in [5.74, 6) is 1.04. The number of hydrogen-bond acceptors (Lipinski definition) is 3. The van der Waals surface area contributed by atoms with Crippen LogP contribution in [0, 0.1) is 0 Å². The van der Waals surface area contributed by atoms with Gasteiger partial charge in [-0.25, -0.2) is 9.97 Å². The lowest BCUT2D eigenvalue weighted by Gasteiger charge is -2.14. The summed E-state index contributed by atoms with van der Waals surface area (Å²) in [7, 11) is 1.81. The summed E-state index contributed by atoms with van der Waals surface area (Å²) in [4.78, 5) is 21.5. The maximum atomic E-state index is 12.3. The minimum Gasteiger partial charge on any atom is -0.318 e. The molecule has 0 saturated carbocycles. The largest absolute Gasteiger partial charge is 0.318 e. The number of unbranched alkanes of at least 4 members (excludes halogenated alkanes) is 1. The molecule has 124 valence electrons. The molecule has 2 heterocycles. The molecule has 0 aliphatic heterocycles. The molecule has 0 N–H and O–H groups in total. The number of nitrogens with zero attached hydrogens (tertiary/aromatic N) is 3. The SMILES string of the molecule is CCCCc1cnc(CC)nc1-c1cc(C(C)C)c(=O)n(C)c1. The van der Waals surface area contributed by atoms with Gasteiger partial charge in [-0.05, 0) is 30.4 Å². The molecule has 0 aliphatic rings. The highest BCUT2D eigenvalue weighted by molar-refractivity contribution is 5.62. The second-order valence-corrected chi connectivity index (χ2v) is 6.37. The zero-order chi connectivity index (χ0) is 17.0. The molecule has 0 spiro atoms. The predicted molar refractivity (Wildman–Crippen MR) is 94.8 cm³/mol. The van der Waals surface area contributed by atoms with Gasteiger partial charge < -0.3 is 4.57 Å². The molecule has 2 aromatic rings. The Morgan fingerprint density at radius 2 is 2.00 bits per heavy atom. The van der Waals surface area contributed by atoms with Gasteiger partial charge in [0.05, 0.1) is 5.69 Å². The van der Waals surface area contributed by atoms with E-state index in [1.165, 1.54) is 0 Å². The Morgan fingerprint density at radius 3 is 2.61 bits per heavy atom. The van der Waals surface area contributed by atoms with E-state index in [9.17, 15) is 4.79 Å². The van der Waals surface area contributed by atoms with Crippen LogP contribution in [-0.2, 0) is 19.9 Å². The molecule has 0 unspecified atom stereocenters. The number of aromatic nitrogens is 3. The Morgan fingerprint density at radius 1 is 1.26 bits per heavy atom. The molecule has 0 aliphatic carbocycles. The van der Waals surface area contributed by atoms with E-state index >= 15 is 0 Å². The minimum absolute atomic E-state index is 0.0728. The molecule has 2 rings (SSSR count). The summed E-state index contributed by atoms with van der Waals surface area (Å²) < 4.78 is 1.67. The van der Waals surface area contributed by atoms with Crippen LogP contribution in [0.5, 0.6) is 0 Å². The summed E-state index contributed by atoms with van der Waals surface area (Å²) in [6, 6.07) is 2.00. The van der Waals surface area contributed by atoms with Crippen molar-refractivity contribution >= 4 is 0 Å². The van der Waals surface area contributed by atoms with Crippen LogP contribution in [0.15, 0.2) is 23.3 Å². The van der Waals surface area contributed by atoms with Crippen molar-refractivity contribution in [3.8, 4) is 11.3 Å². The van der Waals surface area contributed by atoms with Crippen molar-refractivity contribution in [2.24, 2.45) is 7.05 Å². The average molecular weight is 313 g/mol. The van der Waals surface area contributed by atoms with E-state index in [2.05, 4.69) is 32.7 Å². The van der Waals surface area contributed by atoms with Crippen LogP contribution >= 0.6 is 0 Å². The molecule has 0 radical (unpaired) electrons. The Labute approximate surface area is 138 Å². The van der Waals surface area contributed by atoms with Crippen LogP contribution in [-0.4, -0.2) is 14.5 Å². The molecule has 2 aromatic heterocycles. The molecule has 0 fully saturated rings. The molecular formula is C19H27N3O. The zero-order valence-corrected chi connectivity index (χ0v) is 14.9. The van der Waals surface area contributed by atoms with Crippen molar-refractivity contribution < 1.29 is 0 Å². The van der Waals surface area contributed by atoms with Gasteiger partial charge in [-0.3, -0.25) is 4.79 Å². The second kappa shape index (κ2) is 7.53. The molecule has 4 nitrogen and oxygen atoms in total. The van der Waals surface area contributed by atoms with Crippen LogP contribution in [0.3, 0.4) is 0 Å². The highest BCUT2D eigenvalue weighted by Gasteiger charge is 2.14. The quantitative estimate of drug-likeness (QED) is 0.813. The number of aryl methyl sites for hydroxylation is 3. The fraction of sp³-hybridized carbons (Fsp3) is 0.526. The maximum Gasteiger partial charge on any atom is 0.253 e. The summed E-state index contributed by atoms with van der Waals surface area (Å²) >= 11 is 0. The first-order valence-electron chi connectivity index (χ1n) is 8.53. The van der Waals surface area contributed by atoms with E-state index in [4.69, 9.17) is 4.98 Å². The molecule has 4 heteroatoms. The van der Waals surface area contributed by atoms with E-state index in [0.29, 0.717) is 0 Å². The number of rotatable bonds is 6. The first kappa shape index (κ1) is 17.4. The highest BCUT2D eigenvalue weighted by Crippen LogP contribution is 2.24. The van der Waals surface area contributed by atoms with Gasteiger partial charge in [0, 0.05) is 37.0 Å². The zero-order valence-electron chi connectivity index (χ0n) is 14.9. The highest BCUT2D eigenvalue weighted by atomic mass is 16.1. The molecular weight excluding hydrogens is 286 g/mol. The number of hydrogen-bond donors (Lipinski definition) is 0. The fourth-order valence-corrected chi connectivity index (χ4v) is 2.69. The summed E-state index contributed by atoms with van der Waals surface area (Å²) in [6.07, 6.45) is 7.88. The lowest BCUT2D eigenvalue weighted by atomic mass is 9.99. The average Bonchev–Trinajstić information content (AvgIpc) is 2.54. The van der Waals surface area contributed by atoms with Crippen molar-refractivity contribution in [2.75, 3.05) is 0 Å². The third-order valence-corrected chi connectivity index (χ3v) is 4.14. The van der Waals surface area contributed by atoms with Gasteiger partial charge in [0.25, 0.3) is 5.56 Å². The van der Waals surface area contributed by atoms with Gasteiger partial charge in [0.1, 0.15) is 5.82 Å². The van der Waals surface area contributed by atoms with Crippen molar-refractivity contribution in [3.63, 3.8) is 0 Å². The smallest absolute Gasteiger partial charge is 0.253 e. The molecule has 0 aromatic carbocycles. The molecule has 0 saturated heterocycles. The lowest BCUT2D eigenvalue weighted by Crippen LogP contribution is -2.21. The van der Waals surface area contributed by atoms with Crippen molar-refractivity contribution in [3.05, 3.63) is 45.8 Å². The molecule has 0 amide bonds. The Balaban J connectivity index is 2.62. The molecule has 23 heavy (non-hydrogen) atoms. The summed E-state index contributed by atoms with van der Waals surface area (Å²) in [6.45, 7) is 8.35. The Hall–Kier alpha value is -1.97. The van der Waals surface area contributed by atoms with Gasteiger partial charge in [-0.15, -0.1) is 0 Å². The monoisotopic (exact) mass is 313 g/mol.